The predicted molar refractivity (Wildman–Crippen MR) is 92.6 cm³/mol. The average Bonchev–Trinajstić information content (AvgIpc) is 3.06. The van der Waals surface area contributed by atoms with Crippen molar-refractivity contribution in [3.05, 3.63) is 79.3 Å². The molecule has 0 saturated heterocycles. The molecule has 23 heavy (non-hydrogen) atoms. The Labute approximate surface area is 134 Å². The summed E-state index contributed by atoms with van der Waals surface area (Å²) in [7, 11) is 1.70. The Morgan fingerprint density at radius 1 is 0.913 bits per heavy atom. The van der Waals surface area contributed by atoms with Gasteiger partial charge in [0.2, 0.25) is 0 Å². The molecule has 4 rings (SSSR count). The predicted octanol–water partition coefficient (Wildman–Crippen LogP) is 4.68. The second kappa shape index (κ2) is 5.61. The van der Waals surface area contributed by atoms with E-state index in [2.05, 4.69) is 52.1 Å². The van der Waals surface area contributed by atoms with Crippen LogP contribution in [-0.4, -0.2) is 16.5 Å². The minimum absolute atomic E-state index is 0.830. The summed E-state index contributed by atoms with van der Waals surface area (Å²) in [5.41, 5.74) is 5.39. The van der Waals surface area contributed by atoms with E-state index in [1.165, 1.54) is 11.1 Å². The lowest BCUT2D eigenvalue weighted by molar-refractivity contribution is 0.416. The maximum atomic E-state index is 5.59. The number of aromatic nitrogens is 2. The van der Waals surface area contributed by atoms with E-state index in [0.29, 0.717) is 0 Å². The van der Waals surface area contributed by atoms with Crippen LogP contribution in [0, 0.1) is 0 Å². The highest BCUT2D eigenvalue weighted by Gasteiger charge is 2.10. The molecule has 0 amide bonds. The summed E-state index contributed by atoms with van der Waals surface area (Å²) >= 11 is 0. The van der Waals surface area contributed by atoms with E-state index in [1.807, 2.05) is 30.3 Å². The summed E-state index contributed by atoms with van der Waals surface area (Å²) in [4.78, 5) is 4.41. The lowest BCUT2D eigenvalue weighted by Crippen LogP contribution is -1.90. The fourth-order valence-electron chi connectivity index (χ4n) is 2.82. The molecule has 3 aromatic heterocycles. The number of hydrogen-bond donors (Lipinski definition) is 0. The van der Waals surface area contributed by atoms with Crippen LogP contribution in [0.25, 0.3) is 27.9 Å². The molecule has 0 fully saturated rings. The SMILES string of the molecule is COc1cc(-c2cc3ccccn3c2)ccc1-c1ccccn1. The van der Waals surface area contributed by atoms with Crippen LogP contribution in [0.15, 0.2) is 79.3 Å². The van der Waals surface area contributed by atoms with Crippen LogP contribution < -0.4 is 4.74 Å². The second-order valence-electron chi connectivity index (χ2n) is 5.39. The van der Waals surface area contributed by atoms with Gasteiger partial charge in [0.05, 0.1) is 12.8 Å². The third-order valence-electron chi connectivity index (χ3n) is 3.98. The molecule has 0 atom stereocenters. The minimum Gasteiger partial charge on any atom is -0.496 e. The topological polar surface area (TPSA) is 26.5 Å². The van der Waals surface area contributed by atoms with Crippen molar-refractivity contribution in [2.45, 2.75) is 0 Å². The molecule has 0 N–H and O–H groups in total. The fourth-order valence-corrected chi connectivity index (χ4v) is 2.82. The third kappa shape index (κ3) is 2.46. The number of rotatable bonds is 3. The molecule has 0 spiro atoms. The van der Waals surface area contributed by atoms with E-state index >= 15 is 0 Å². The molecule has 0 saturated carbocycles. The van der Waals surface area contributed by atoms with Crippen LogP contribution in [-0.2, 0) is 0 Å². The third-order valence-corrected chi connectivity index (χ3v) is 3.98. The first-order valence-corrected chi connectivity index (χ1v) is 7.52. The van der Waals surface area contributed by atoms with Crippen molar-refractivity contribution >= 4 is 5.52 Å². The first-order chi connectivity index (χ1) is 11.3. The lowest BCUT2D eigenvalue weighted by Gasteiger charge is -2.09. The van der Waals surface area contributed by atoms with Crippen molar-refractivity contribution in [3.8, 4) is 28.1 Å². The summed E-state index contributed by atoms with van der Waals surface area (Å²) in [5, 5.41) is 0. The molecule has 4 aromatic rings. The van der Waals surface area contributed by atoms with Crippen LogP contribution >= 0.6 is 0 Å². The normalized spacial score (nSPS) is 10.8. The molecule has 112 valence electrons. The Morgan fingerprint density at radius 3 is 2.61 bits per heavy atom. The van der Waals surface area contributed by atoms with Gasteiger partial charge >= 0.3 is 0 Å². The van der Waals surface area contributed by atoms with Crippen molar-refractivity contribution < 1.29 is 4.74 Å². The molecule has 0 unspecified atom stereocenters. The zero-order valence-corrected chi connectivity index (χ0v) is 12.8. The number of fused-ring (bicyclic) bond motifs is 1. The van der Waals surface area contributed by atoms with Gasteiger partial charge in [0, 0.05) is 35.2 Å². The highest BCUT2D eigenvalue weighted by molar-refractivity contribution is 5.76. The number of hydrogen-bond acceptors (Lipinski definition) is 2. The fraction of sp³-hybridized carbons (Fsp3) is 0.0500. The van der Waals surface area contributed by atoms with E-state index < -0.39 is 0 Å². The molecular formula is C20H16N2O. The van der Waals surface area contributed by atoms with Gasteiger partial charge in [-0.2, -0.15) is 0 Å². The minimum atomic E-state index is 0.830. The van der Waals surface area contributed by atoms with E-state index in [0.717, 1.165) is 22.6 Å². The van der Waals surface area contributed by atoms with Crippen molar-refractivity contribution in [2.75, 3.05) is 7.11 Å². The van der Waals surface area contributed by atoms with Gasteiger partial charge in [-0.05, 0) is 48.0 Å². The number of benzene rings is 1. The van der Waals surface area contributed by atoms with Gasteiger partial charge in [-0.15, -0.1) is 0 Å². The molecule has 0 aliphatic heterocycles. The molecule has 3 heteroatoms. The standard InChI is InChI=1S/C20H16N2O/c1-23-20-13-15(8-9-18(20)19-7-2-4-10-21-19)16-12-17-6-3-5-11-22(17)14-16/h2-14H,1H3. The first kappa shape index (κ1) is 13.6. The number of methoxy groups -OCH3 is 1. The highest BCUT2D eigenvalue weighted by atomic mass is 16.5. The van der Waals surface area contributed by atoms with Gasteiger partial charge < -0.3 is 9.14 Å². The van der Waals surface area contributed by atoms with Gasteiger partial charge in [0.1, 0.15) is 5.75 Å². The van der Waals surface area contributed by atoms with E-state index in [-0.39, 0.29) is 0 Å². The van der Waals surface area contributed by atoms with Gasteiger partial charge in [-0.1, -0.05) is 18.2 Å². The average molecular weight is 300 g/mol. The number of ether oxygens (including phenoxy) is 1. The molecule has 0 bridgehead atoms. The molecular weight excluding hydrogens is 284 g/mol. The van der Waals surface area contributed by atoms with E-state index in [9.17, 15) is 0 Å². The summed E-state index contributed by atoms with van der Waals surface area (Å²) in [6, 6.07) is 20.5. The first-order valence-electron chi connectivity index (χ1n) is 7.52. The highest BCUT2D eigenvalue weighted by Crippen LogP contribution is 2.33. The summed E-state index contributed by atoms with van der Waals surface area (Å²) in [6.07, 6.45) is 5.98. The van der Waals surface area contributed by atoms with Crippen LogP contribution in [0.4, 0.5) is 0 Å². The summed E-state index contributed by atoms with van der Waals surface area (Å²) in [5.74, 6) is 0.830. The van der Waals surface area contributed by atoms with Gasteiger partial charge in [0.15, 0.2) is 0 Å². The van der Waals surface area contributed by atoms with Crippen molar-refractivity contribution in [3.63, 3.8) is 0 Å². The number of pyridine rings is 2. The van der Waals surface area contributed by atoms with Gasteiger partial charge in [-0.25, -0.2) is 0 Å². The number of nitrogens with zero attached hydrogens (tertiary/aromatic N) is 2. The van der Waals surface area contributed by atoms with Crippen molar-refractivity contribution in [1.82, 2.24) is 9.38 Å². The molecule has 0 radical (unpaired) electrons. The smallest absolute Gasteiger partial charge is 0.128 e. The zero-order valence-electron chi connectivity index (χ0n) is 12.8. The summed E-state index contributed by atoms with van der Waals surface area (Å²) < 4.78 is 7.71. The van der Waals surface area contributed by atoms with Crippen LogP contribution in [0.1, 0.15) is 0 Å². The van der Waals surface area contributed by atoms with Gasteiger partial charge in [0.25, 0.3) is 0 Å². The zero-order chi connectivity index (χ0) is 15.6. The molecule has 3 heterocycles. The van der Waals surface area contributed by atoms with Crippen LogP contribution in [0.5, 0.6) is 5.75 Å². The largest absolute Gasteiger partial charge is 0.496 e. The quantitative estimate of drug-likeness (QED) is 0.549. The van der Waals surface area contributed by atoms with Crippen molar-refractivity contribution in [2.24, 2.45) is 0 Å². The Balaban J connectivity index is 1.81. The Kier molecular flexibility index (Phi) is 3.31. The lowest BCUT2D eigenvalue weighted by atomic mass is 10.0. The Bertz CT molecular complexity index is 925. The Morgan fingerprint density at radius 2 is 1.83 bits per heavy atom. The summed E-state index contributed by atoms with van der Waals surface area (Å²) in [6.45, 7) is 0. The van der Waals surface area contributed by atoms with Crippen molar-refractivity contribution in [1.29, 1.82) is 0 Å². The second-order valence-corrected chi connectivity index (χ2v) is 5.39. The molecule has 0 aliphatic carbocycles. The Hall–Kier alpha value is -3.07. The monoisotopic (exact) mass is 300 g/mol. The molecule has 3 nitrogen and oxygen atoms in total. The van der Waals surface area contributed by atoms with Crippen LogP contribution in [0.3, 0.4) is 0 Å². The maximum Gasteiger partial charge on any atom is 0.128 e. The molecule has 0 aliphatic rings. The molecule has 1 aromatic carbocycles. The maximum absolute atomic E-state index is 5.59. The van der Waals surface area contributed by atoms with E-state index in [1.54, 1.807) is 13.3 Å². The van der Waals surface area contributed by atoms with E-state index in [4.69, 9.17) is 4.74 Å². The van der Waals surface area contributed by atoms with Crippen LogP contribution in [0.2, 0.25) is 0 Å². The van der Waals surface area contributed by atoms with Gasteiger partial charge in [-0.3, -0.25) is 4.98 Å².